The Balaban J connectivity index is 3.04. The molecule has 0 rings (SSSR count). The topological polar surface area (TPSA) is 18.5 Å². The molecule has 0 saturated carbocycles. The largest absolute Gasteiger partial charge is 0.415 e. The molecule has 0 fully saturated rings. The van der Waals surface area contributed by atoms with Crippen molar-refractivity contribution in [2.24, 2.45) is 0 Å². The predicted octanol–water partition coefficient (Wildman–Crippen LogP) is 2.54. The highest BCUT2D eigenvalue weighted by Crippen LogP contribution is 2.00. The highest BCUT2D eigenvalue weighted by molar-refractivity contribution is 4.68. The maximum absolute atomic E-state index is 5.26. The number of hydrogen-bond donors (Lipinski definition) is 0. The van der Waals surface area contributed by atoms with E-state index in [0.717, 1.165) is 13.0 Å². The summed E-state index contributed by atoms with van der Waals surface area (Å²) in [6.07, 6.45) is 11.6. The van der Waals surface area contributed by atoms with Crippen LogP contribution in [0.3, 0.4) is 0 Å². The second kappa shape index (κ2) is 8.42. The van der Waals surface area contributed by atoms with E-state index in [9.17, 15) is 0 Å². The minimum atomic E-state index is -0.267. The number of rotatable bonds is 7. The number of ether oxygens (including phenoxy) is 2. The van der Waals surface area contributed by atoms with Gasteiger partial charge in [-0.25, -0.2) is 0 Å². The lowest BCUT2D eigenvalue weighted by Crippen LogP contribution is -2.10. The van der Waals surface area contributed by atoms with Gasteiger partial charge in [-0.15, -0.1) is 0 Å². The Labute approximate surface area is 75.3 Å². The van der Waals surface area contributed by atoms with Gasteiger partial charge in [-0.05, 0) is 13.3 Å². The molecule has 0 bridgehead atoms. The normalized spacial score (nSPS) is 12.1. The number of hydrogen-bond acceptors (Lipinski definition) is 2. The maximum Gasteiger partial charge on any atom is 0.207 e. The van der Waals surface area contributed by atoms with E-state index in [2.05, 4.69) is 13.0 Å². The first-order chi connectivity index (χ1) is 5.81. The number of terminal acetylenes is 1. The second-order valence-corrected chi connectivity index (χ2v) is 2.73. The van der Waals surface area contributed by atoms with E-state index in [1.807, 2.05) is 0 Å². The fraction of sp³-hybridized carbons (Fsp3) is 0.800. The minimum absolute atomic E-state index is 0.267. The molecule has 0 aliphatic heterocycles. The average Bonchev–Trinajstić information content (AvgIpc) is 2.05. The van der Waals surface area contributed by atoms with Crippen LogP contribution in [0.2, 0.25) is 0 Å². The van der Waals surface area contributed by atoms with Crippen LogP contribution in [0.25, 0.3) is 0 Å². The van der Waals surface area contributed by atoms with Crippen LogP contribution < -0.4 is 0 Å². The summed E-state index contributed by atoms with van der Waals surface area (Å²) in [6.45, 7) is 4.73. The lowest BCUT2D eigenvalue weighted by Gasteiger charge is -2.09. The highest BCUT2D eigenvalue weighted by atomic mass is 16.7. The lowest BCUT2D eigenvalue weighted by molar-refractivity contribution is -0.0848. The summed E-state index contributed by atoms with van der Waals surface area (Å²) in [5.41, 5.74) is 0. The Kier molecular flexibility index (Phi) is 7.94. The summed E-state index contributed by atoms with van der Waals surface area (Å²) in [5, 5.41) is 0. The first-order valence-electron chi connectivity index (χ1n) is 4.54. The van der Waals surface area contributed by atoms with Crippen LogP contribution in [0.15, 0.2) is 0 Å². The monoisotopic (exact) mass is 170 g/mol. The zero-order valence-electron chi connectivity index (χ0n) is 8.01. The molecule has 1 unspecified atom stereocenters. The molecule has 0 aromatic rings. The van der Waals surface area contributed by atoms with Gasteiger partial charge >= 0.3 is 0 Å². The Morgan fingerprint density at radius 3 is 2.67 bits per heavy atom. The van der Waals surface area contributed by atoms with Crippen molar-refractivity contribution in [2.45, 2.75) is 45.8 Å². The molecule has 12 heavy (non-hydrogen) atoms. The lowest BCUT2D eigenvalue weighted by atomic mass is 10.2. The van der Waals surface area contributed by atoms with Gasteiger partial charge in [0, 0.05) is 0 Å². The predicted molar refractivity (Wildman–Crippen MR) is 49.5 cm³/mol. The van der Waals surface area contributed by atoms with Gasteiger partial charge in [-0.1, -0.05) is 32.6 Å². The van der Waals surface area contributed by atoms with Crippen LogP contribution >= 0.6 is 0 Å². The summed E-state index contributed by atoms with van der Waals surface area (Å²) in [6, 6.07) is 0. The zero-order valence-corrected chi connectivity index (χ0v) is 8.01. The SMILES string of the molecule is C#COC(C)OCCCCCC. The summed E-state index contributed by atoms with van der Waals surface area (Å²) in [5.74, 6) is 0. The Bertz CT molecular complexity index is 126. The van der Waals surface area contributed by atoms with E-state index in [-0.39, 0.29) is 6.29 Å². The fourth-order valence-corrected chi connectivity index (χ4v) is 0.908. The van der Waals surface area contributed by atoms with Crippen molar-refractivity contribution in [3.63, 3.8) is 0 Å². The Morgan fingerprint density at radius 1 is 1.33 bits per heavy atom. The van der Waals surface area contributed by atoms with Gasteiger partial charge in [0.25, 0.3) is 0 Å². The molecule has 0 aromatic carbocycles. The summed E-state index contributed by atoms with van der Waals surface area (Å²) >= 11 is 0. The van der Waals surface area contributed by atoms with Crippen LogP contribution in [0.1, 0.15) is 39.5 Å². The molecule has 0 aliphatic rings. The van der Waals surface area contributed by atoms with E-state index in [1.54, 1.807) is 6.92 Å². The van der Waals surface area contributed by atoms with Crippen LogP contribution in [-0.2, 0) is 9.47 Å². The third kappa shape index (κ3) is 7.43. The van der Waals surface area contributed by atoms with E-state index < -0.39 is 0 Å². The van der Waals surface area contributed by atoms with Gasteiger partial charge in [0.05, 0.1) is 6.61 Å². The first-order valence-corrected chi connectivity index (χ1v) is 4.54. The highest BCUT2D eigenvalue weighted by Gasteiger charge is 1.98. The van der Waals surface area contributed by atoms with Gasteiger partial charge in [0.1, 0.15) is 6.11 Å². The van der Waals surface area contributed by atoms with Gasteiger partial charge in [0.15, 0.2) is 0 Å². The van der Waals surface area contributed by atoms with Crippen molar-refractivity contribution in [3.05, 3.63) is 0 Å². The van der Waals surface area contributed by atoms with Gasteiger partial charge in [-0.2, -0.15) is 0 Å². The van der Waals surface area contributed by atoms with Crippen molar-refractivity contribution >= 4 is 0 Å². The van der Waals surface area contributed by atoms with Gasteiger partial charge in [-0.3, -0.25) is 0 Å². The quantitative estimate of drug-likeness (QED) is 0.332. The van der Waals surface area contributed by atoms with Crippen molar-refractivity contribution < 1.29 is 9.47 Å². The van der Waals surface area contributed by atoms with E-state index in [4.69, 9.17) is 15.9 Å². The molecule has 1 atom stereocenters. The molecule has 0 heterocycles. The average molecular weight is 170 g/mol. The van der Waals surface area contributed by atoms with Crippen molar-refractivity contribution in [2.75, 3.05) is 6.61 Å². The molecule has 0 N–H and O–H groups in total. The maximum atomic E-state index is 5.26. The van der Waals surface area contributed by atoms with Gasteiger partial charge in [0.2, 0.25) is 6.29 Å². The molecule has 0 amide bonds. The summed E-state index contributed by atoms with van der Waals surface area (Å²) in [4.78, 5) is 0. The standard InChI is InChI=1S/C10H18O2/c1-4-6-7-8-9-12-10(3)11-5-2/h2,10H,4,6-9H2,1,3H3. The molecule has 70 valence electrons. The van der Waals surface area contributed by atoms with Crippen molar-refractivity contribution in [1.29, 1.82) is 0 Å². The molecule has 2 heteroatoms. The van der Waals surface area contributed by atoms with Gasteiger partial charge < -0.3 is 9.47 Å². The second-order valence-electron chi connectivity index (χ2n) is 2.73. The third-order valence-electron chi connectivity index (χ3n) is 1.58. The van der Waals surface area contributed by atoms with Crippen LogP contribution in [-0.4, -0.2) is 12.9 Å². The molecule has 0 saturated heterocycles. The molecular formula is C10H18O2. The third-order valence-corrected chi connectivity index (χ3v) is 1.58. The minimum Gasteiger partial charge on any atom is -0.415 e. The van der Waals surface area contributed by atoms with E-state index >= 15 is 0 Å². The zero-order chi connectivity index (χ0) is 9.23. The van der Waals surface area contributed by atoms with Crippen LogP contribution in [0, 0.1) is 12.5 Å². The van der Waals surface area contributed by atoms with Crippen LogP contribution in [0.4, 0.5) is 0 Å². The molecule has 0 aliphatic carbocycles. The fourth-order valence-electron chi connectivity index (χ4n) is 0.908. The summed E-state index contributed by atoms with van der Waals surface area (Å²) in [7, 11) is 0. The molecule has 0 aromatic heterocycles. The Morgan fingerprint density at radius 2 is 2.08 bits per heavy atom. The Hall–Kier alpha value is -0.680. The smallest absolute Gasteiger partial charge is 0.207 e. The number of unbranched alkanes of at least 4 members (excludes halogenated alkanes) is 3. The molecule has 0 spiro atoms. The van der Waals surface area contributed by atoms with E-state index in [0.29, 0.717) is 0 Å². The van der Waals surface area contributed by atoms with Crippen molar-refractivity contribution in [3.8, 4) is 12.5 Å². The molecule has 0 radical (unpaired) electrons. The molecule has 2 nitrogen and oxygen atoms in total. The van der Waals surface area contributed by atoms with E-state index in [1.165, 1.54) is 19.3 Å². The van der Waals surface area contributed by atoms with Crippen LogP contribution in [0.5, 0.6) is 0 Å². The molecular weight excluding hydrogens is 152 g/mol. The van der Waals surface area contributed by atoms with Crippen molar-refractivity contribution in [1.82, 2.24) is 0 Å². The first kappa shape index (κ1) is 11.3. The summed E-state index contributed by atoms with van der Waals surface area (Å²) < 4.78 is 10.0.